The van der Waals surface area contributed by atoms with Gasteiger partial charge in [-0.05, 0) is 38.4 Å². The molecule has 1 aromatic rings. The Morgan fingerprint density at radius 1 is 1.18 bits per heavy atom. The molecule has 11 heteroatoms. The van der Waals surface area contributed by atoms with Crippen LogP contribution in [0.2, 0.25) is 0 Å². The first-order valence-corrected chi connectivity index (χ1v) is 10.6. The van der Waals surface area contributed by atoms with Gasteiger partial charge in [0.1, 0.15) is 28.7 Å². The van der Waals surface area contributed by atoms with E-state index in [9.17, 15) is 39.2 Å². The van der Waals surface area contributed by atoms with Crippen LogP contribution in [0.3, 0.4) is 0 Å². The van der Waals surface area contributed by atoms with E-state index in [2.05, 4.69) is 0 Å². The Kier molecular flexibility index (Phi) is 5.26. The fourth-order valence-corrected chi connectivity index (χ4v) is 5.76. The lowest BCUT2D eigenvalue weighted by Gasteiger charge is -2.50. The number of aliphatic hydroxyl groups is 3. The van der Waals surface area contributed by atoms with Gasteiger partial charge in [0.15, 0.2) is 11.4 Å². The number of aromatic hydroxyl groups is 1. The molecule has 0 bridgehead atoms. The molecule has 0 heterocycles. The molecule has 4 rings (SSSR count). The van der Waals surface area contributed by atoms with Crippen LogP contribution < -0.4 is 10.6 Å². The van der Waals surface area contributed by atoms with Gasteiger partial charge in [0.25, 0.3) is 5.91 Å². The molecule has 0 radical (unpaired) electrons. The van der Waals surface area contributed by atoms with Gasteiger partial charge in [-0.15, -0.1) is 0 Å². The summed E-state index contributed by atoms with van der Waals surface area (Å²) in [5.41, 5.74) is 1.54. The van der Waals surface area contributed by atoms with Gasteiger partial charge in [-0.25, -0.2) is 4.39 Å². The number of rotatable bonds is 3. The molecule has 0 saturated heterocycles. The molecule has 34 heavy (non-hydrogen) atoms. The van der Waals surface area contributed by atoms with E-state index in [0.29, 0.717) is 0 Å². The molecule has 10 nitrogen and oxygen atoms in total. The summed E-state index contributed by atoms with van der Waals surface area (Å²) in [5.74, 6) is -8.31. The van der Waals surface area contributed by atoms with E-state index in [1.165, 1.54) is 9.80 Å². The molecule has 1 aromatic carbocycles. The monoisotopic (exact) mass is 475 g/mol. The molecule has 0 aromatic heterocycles. The molecule has 3 aliphatic rings. The fourth-order valence-electron chi connectivity index (χ4n) is 5.76. The third-order valence-corrected chi connectivity index (χ3v) is 7.10. The Balaban J connectivity index is 1.99. The summed E-state index contributed by atoms with van der Waals surface area (Å²) in [6.07, 6.45) is -0.0384. The van der Waals surface area contributed by atoms with Crippen molar-refractivity contribution in [1.82, 2.24) is 4.90 Å². The summed E-state index contributed by atoms with van der Waals surface area (Å²) in [4.78, 5) is 41.6. The molecule has 182 valence electrons. The number of carbonyl (C=O) groups is 3. The third kappa shape index (κ3) is 2.90. The highest BCUT2D eigenvalue weighted by Gasteiger charge is 2.63. The summed E-state index contributed by atoms with van der Waals surface area (Å²) in [6.45, 7) is 0. The Bertz CT molecular complexity index is 1220. The number of amides is 1. The van der Waals surface area contributed by atoms with E-state index in [1.54, 1.807) is 28.2 Å². The van der Waals surface area contributed by atoms with Crippen LogP contribution in [0.15, 0.2) is 28.7 Å². The molecule has 0 spiro atoms. The number of hydrogen-bond donors (Lipinski definition) is 5. The van der Waals surface area contributed by atoms with Crippen LogP contribution in [0, 0.1) is 17.7 Å². The van der Waals surface area contributed by atoms with Gasteiger partial charge < -0.3 is 31.1 Å². The first-order chi connectivity index (χ1) is 15.7. The van der Waals surface area contributed by atoms with E-state index in [1.807, 2.05) is 0 Å². The normalized spacial score (nSPS) is 28.6. The summed E-state index contributed by atoms with van der Waals surface area (Å²) in [5, 5.41) is 43.8. The number of Topliss-reactive ketones (excluding diaryl/α,β-unsaturated/α-hetero) is 2. The number of nitrogens with two attached hydrogens (primary N) is 1. The zero-order valence-corrected chi connectivity index (χ0v) is 19.1. The number of fused-ring (bicyclic) bond motifs is 3. The number of phenols is 1. The highest BCUT2D eigenvalue weighted by Crippen LogP contribution is 2.53. The average molecular weight is 475 g/mol. The lowest BCUT2D eigenvalue weighted by atomic mass is 9.58. The standard InChI is InChI=1S/C23H26FN3O7/c1-26(2)16-9-5-8-6-10-17(27(3)4)19(30)15(22(25)33)21(32)23(10,34)20(31)13(8)18(29)14(9)12(28)7-11(16)24/h7-8,10,17,28,30-31,34H,5-6H2,1-4H3,(H2,25,33). The summed E-state index contributed by atoms with van der Waals surface area (Å²) >= 11 is 0. The number of ketones is 2. The van der Waals surface area contributed by atoms with Gasteiger partial charge in [-0.1, -0.05) is 0 Å². The minimum Gasteiger partial charge on any atom is -0.510 e. The lowest BCUT2D eigenvalue weighted by Crippen LogP contribution is -2.63. The zero-order valence-electron chi connectivity index (χ0n) is 19.1. The molecule has 6 N–H and O–H groups in total. The van der Waals surface area contributed by atoms with E-state index in [4.69, 9.17) is 5.73 Å². The topological polar surface area (TPSA) is 165 Å². The number of benzene rings is 1. The summed E-state index contributed by atoms with van der Waals surface area (Å²) in [7, 11) is 6.26. The summed E-state index contributed by atoms with van der Waals surface area (Å²) < 4.78 is 14.7. The molecule has 0 saturated carbocycles. The van der Waals surface area contributed by atoms with Crippen molar-refractivity contribution in [1.29, 1.82) is 0 Å². The minimum atomic E-state index is -2.70. The van der Waals surface area contributed by atoms with Gasteiger partial charge in [0.2, 0.25) is 5.78 Å². The molecule has 4 unspecified atom stereocenters. The largest absolute Gasteiger partial charge is 0.510 e. The van der Waals surface area contributed by atoms with Crippen molar-refractivity contribution < 1.29 is 39.2 Å². The number of nitrogens with zero attached hydrogens (tertiary/aromatic N) is 2. The number of halogens is 1. The molecule has 1 amide bonds. The van der Waals surface area contributed by atoms with Crippen molar-refractivity contribution in [2.75, 3.05) is 33.1 Å². The SMILES string of the molecule is CN(C)c1c(F)cc(O)c2c1CC1CC3C(N(C)C)C(O)=C(C(N)=O)C(=O)C3(O)C(O)=C1C2=O. The van der Waals surface area contributed by atoms with Crippen LogP contribution in [0.4, 0.5) is 10.1 Å². The third-order valence-electron chi connectivity index (χ3n) is 7.10. The Labute approximate surface area is 194 Å². The maximum Gasteiger partial charge on any atom is 0.255 e. The molecular weight excluding hydrogens is 449 g/mol. The van der Waals surface area contributed by atoms with Crippen LogP contribution in [0.1, 0.15) is 22.3 Å². The molecular formula is C23H26FN3O7. The van der Waals surface area contributed by atoms with Crippen molar-refractivity contribution >= 4 is 23.2 Å². The highest BCUT2D eigenvalue weighted by molar-refractivity contribution is 6.24. The van der Waals surface area contributed by atoms with Crippen LogP contribution in [-0.2, 0) is 16.0 Å². The van der Waals surface area contributed by atoms with Crippen molar-refractivity contribution in [3.05, 3.63) is 45.7 Å². The van der Waals surface area contributed by atoms with Gasteiger partial charge in [0.05, 0.1) is 17.3 Å². The predicted octanol–water partition coefficient (Wildman–Crippen LogP) is 0.326. The van der Waals surface area contributed by atoms with Gasteiger partial charge in [0, 0.05) is 31.7 Å². The number of phenolic OH excluding ortho intramolecular Hbond substituents is 1. The average Bonchev–Trinajstić information content (AvgIpc) is 2.69. The highest BCUT2D eigenvalue weighted by atomic mass is 19.1. The van der Waals surface area contributed by atoms with Gasteiger partial charge in [-0.3, -0.25) is 19.3 Å². The molecule has 0 fully saturated rings. The number of likely N-dealkylation sites (N-methyl/N-ethyl adjacent to an activating group) is 1. The second-order valence-corrected chi connectivity index (χ2v) is 9.44. The van der Waals surface area contributed by atoms with Gasteiger partial charge in [-0.2, -0.15) is 0 Å². The van der Waals surface area contributed by atoms with E-state index >= 15 is 0 Å². The smallest absolute Gasteiger partial charge is 0.255 e. The lowest BCUT2D eigenvalue weighted by molar-refractivity contribution is -0.148. The van der Waals surface area contributed by atoms with Crippen molar-refractivity contribution in [3.8, 4) is 5.75 Å². The number of hydrogen-bond acceptors (Lipinski definition) is 9. The van der Waals surface area contributed by atoms with Crippen molar-refractivity contribution in [2.45, 2.75) is 24.5 Å². The van der Waals surface area contributed by atoms with Crippen LogP contribution in [-0.4, -0.2) is 82.6 Å². The summed E-state index contributed by atoms with van der Waals surface area (Å²) in [6, 6.07) is -0.288. The first kappa shape index (κ1) is 23.7. The number of anilines is 1. The zero-order chi connectivity index (χ0) is 25.4. The Hall–Kier alpha value is -3.44. The van der Waals surface area contributed by atoms with Crippen LogP contribution >= 0.6 is 0 Å². The van der Waals surface area contributed by atoms with Crippen LogP contribution in [0.25, 0.3) is 0 Å². The van der Waals surface area contributed by atoms with E-state index in [0.717, 1.165) is 6.07 Å². The Morgan fingerprint density at radius 2 is 1.79 bits per heavy atom. The number of aliphatic hydroxyl groups excluding tert-OH is 2. The second kappa shape index (κ2) is 7.54. The van der Waals surface area contributed by atoms with Crippen LogP contribution in [0.5, 0.6) is 5.75 Å². The maximum absolute atomic E-state index is 14.7. The van der Waals surface area contributed by atoms with Crippen molar-refractivity contribution in [3.63, 3.8) is 0 Å². The second-order valence-electron chi connectivity index (χ2n) is 9.44. The molecule has 3 aliphatic carbocycles. The quantitative estimate of drug-likeness (QED) is 0.387. The van der Waals surface area contributed by atoms with E-state index < -0.39 is 69.6 Å². The number of carbonyl (C=O) groups excluding carboxylic acids is 3. The fraction of sp³-hybridized carbons (Fsp3) is 0.435. The first-order valence-electron chi connectivity index (χ1n) is 10.6. The molecule has 4 atom stereocenters. The van der Waals surface area contributed by atoms with Gasteiger partial charge >= 0.3 is 0 Å². The number of primary amides is 1. The maximum atomic E-state index is 14.7. The Morgan fingerprint density at radius 3 is 2.32 bits per heavy atom. The number of allylic oxidation sites excluding steroid dienone is 1. The van der Waals surface area contributed by atoms with E-state index in [-0.39, 0.29) is 35.2 Å². The molecule has 0 aliphatic heterocycles. The minimum absolute atomic E-state index is 0.0212. The van der Waals surface area contributed by atoms with Crippen molar-refractivity contribution in [2.24, 2.45) is 17.6 Å². The predicted molar refractivity (Wildman–Crippen MR) is 118 cm³/mol.